The molecule has 0 unspecified atom stereocenters. The van der Waals surface area contributed by atoms with Crippen LogP contribution in [-0.4, -0.2) is 26.2 Å². The number of rotatable bonds is 8. The number of anilines is 2. The Bertz CT molecular complexity index is 1190. The molecule has 0 atom stereocenters. The highest BCUT2D eigenvalue weighted by Crippen LogP contribution is 2.31. The molecule has 30 heavy (non-hydrogen) atoms. The van der Waals surface area contributed by atoms with Crippen LogP contribution < -0.4 is 14.9 Å². The third kappa shape index (κ3) is 4.58. The van der Waals surface area contributed by atoms with Gasteiger partial charge in [-0.3, -0.25) is 20.3 Å². The third-order valence-corrected chi connectivity index (χ3v) is 5.44. The number of sulfonamides is 1. The molecule has 0 bridgehead atoms. The number of methoxy groups -OCH3 is 1. The number of nitrogens with one attached hydrogen (secondary N) is 2. The molecule has 0 saturated heterocycles. The number of ether oxygens (including phenoxy) is 1. The number of non-ortho nitro benzene ring substituents is 1. The summed E-state index contributed by atoms with van der Waals surface area (Å²) in [5, 5.41) is 15.3. The summed E-state index contributed by atoms with van der Waals surface area (Å²) < 4.78 is 38.9. The molecule has 0 aliphatic rings. The predicted molar refractivity (Wildman–Crippen MR) is 111 cm³/mol. The number of hydrogen-bond acceptors (Lipinski definition) is 8. The van der Waals surface area contributed by atoms with Crippen LogP contribution in [0.1, 0.15) is 12.7 Å². The molecule has 3 rings (SSSR count). The Hall–Kier alpha value is -3.86. The average molecular weight is 430 g/mol. The summed E-state index contributed by atoms with van der Waals surface area (Å²) in [7, 11) is -2.82. The van der Waals surface area contributed by atoms with Gasteiger partial charge in [0, 0.05) is 12.1 Å². The van der Waals surface area contributed by atoms with Gasteiger partial charge in [-0.1, -0.05) is 12.1 Å². The van der Waals surface area contributed by atoms with Gasteiger partial charge in [-0.05, 0) is 37.3 Å². The van der Waals surface area contributed by atoms with Crippen molar-refractivity contribution < 1.29 is 22.5 Å². The van der Waals surface area contributed by atoms with E-state index in [-0.39, 0.29) is 22.0 Å². The zero-order chi connectivity index (χ0) is 21.7. The molecule has 0 aliphatic heterocycles. The molecule has 10 nitrogen and oxygen atoms in total. The van der Waals surface area contributed by atoms with Crippen LogP contribution >= 0.6 is 0 Å². The minimum atomic E-state index is -4.22. The van der Waals surface area contributed by atoms with Crippen molar-refractivity contribution in [1.29, 1.82) is 0 Å². The average Bonchev–Trinajstić information content (AvgIpc) is 3.27. The first-order chi connectivity index (χ1) is 14.3. The highest BCUT2D eigenvalue weighted by molar-refractivity contribution is 7.93. The summed E-state index contributed by atoms with van der Waals surface area (Å²) in [6, 6.07) is 13.2. The van der Waals surface area contributed by atoms with Crippen LogP contribution in [0.25, 0.3) is 0 Å². The van der Waals surface area contributed by atoms with Crippen molar-refractivity contribution in [3.05, 3.63) is 76.7 Å². The molecule has 3 aromatic rings. The summed E-state index contributed by atoms with van der Waals surface area (Å²) in [4.78, 5) is 10.2. The largest absolute Gasteiger partial charge is 0.495 e. The SMILES string of the molecule is COc1ccccc1NS(=O)(=O)c1cc([N+](=O)[O-])ccc1N/N=C(/C)c1ccco1. The zero-order valence-corrected chi connectivity index (χ0v) is 16.8. The van der Waals surface area contributed by atoms with Gasteiger partial charge in [-0.2, -0.15) is 5.10 Å². The molecule has 156 valence electrons. The standard InChI is InChI=1S/C19H18N4O6S/c1-13(17-8-5-11-29-17)20-21-16-10-9-14(23(24)25)12-19(16)30(26,27)22-15-6-3-4-7-18(15)28-2/h3-12,21-22H,1-2H3/b20-13-. The summed E-state index contributed by atoms with van der Waals surface area (Å²) in [5.41, 5.74) is 2.96. The molecule has 1 heterocycles. The van der Waals surface area contributed by atoms with E-state index >= 15 is 0 Å². The van der Waals surface area contributed by atoms with E-state index in [0.717, 1.165) is 6.07 Å². The number of nitrogens with zero attached hydrogens (tertiary/aromatic N) is 2. The Morgan fingerprint density at radius 1 is 1.13 bits per heavy atom. The summed E-state index contributed by atoms with van der Waals surface area (Å²) in [6.07, 6.45) is 1.48. The second-order valence-electron chi connectivity index (χ2n) is 6.03. The van der Waals surface area contributed by atoms with Gasteiger partial charge in [-0.15, -0.1) is 0 Å². The first kappa shape index (κ1) is 20.9. The molecule has 0 aliphatic carbocycles. The Morgan fingerprint density at radius 3 is 2.57 bits per heavy atom. The van der Waals surface area contributed by atoms with Gasteiger partial charge in [0.1, 0.15) is 22.1 Å². The molecule has 0 saturated carbocycles. The molecule has 0 fully saturated rings. The Kier molecular flexibility index (Phi) is 6.02. The number of hydrogen-bond donors (Lipinski definition) is 2. The number of nitro groups is 1. The van der Waals surface area contributed by atoms with Gasteiger partial charge in [-0.25, -0.2) is 8.42 Å². The number of nitro benzene ring substituents is 1. The van der Waals surface area contributed by atoms with Crippen LogP contribution in [0.15, 0.2) is 75.3 Å². The molecule has 0 amide bonds. The Labute approximate surface area is 172 Å². The molecular weight excluding hydrogens is 412 g/mol. The fourth-order valence-electron chi connectivity index (χ4n) is 2.55. The van der Waals surface area contributed by atoms with E-state index in [1.165, 1.54) is 31.6 Å². The van der Waals surface area contributed by atoms with Gasteiger partial charge in [0.25, 0.3) is 15.7 Å². The summed E-state index contributed by atoms with van der Waals surface area (Å²) in [6.45, 7) is 1.67. The van der Waals surface area contributed by atoms with E-state index < -0.39 is 14.9 Å². The van der Waals surface area contributed by atoms with Crippen molar-refractivity contribution in [3.8, 4) is 5.75 Å². The smallest absolute Gasteiger partial charge is 0.270 e. The van der Waals surface area contributed by atoms with Crippen molar-refractivity contribution in [2.24, 2.45) is 5.10 Å². The van der Waals surface area contributed by atoms with Crippen LogP contribution in [0.2, 0.25) is 0 Å². The third-order valence-electron chi connectivity index (χ3n) is 4.04. The van der Waals surface area contributed by atoms with Gasteiger partial charge in [0.2, 0.25) is 0 Å². The molecule has 2 aromatic carbocycles. The van der Waals surface area contributed by atoms with Crippen molar-refractivity contribution in [2.45, 2.75) is 11.8 Å². The molecule has 2 N–H and O–H groups in total. The number of hydrazone groups is 1. The lowest BCUT2D eigenvalue weighted by atomic mass is 10.3. The molecule has 11 heteroatoms. The fraction of sp³-hybridized carbons (Fsp3) is 0.105. The van der Waals surface area contributed by atoms with Crippen molar-refractivity contribution in [2.75, 3.05) is 17.3 Å². The Morgan fingerprint density at radius 2 is 1.90 bits per heavy atom. The van der Waals surface area contributed by atoms with Crippen molar-refractivity contribution in [3.63, 3.8) is 0 Å². The van der Waals surface area contributed by atoms with Crippen LogP contribution in [0.5, 0.6) is 5.75 Å². The van der Waals surface area contributed by atoms with E-state index in [9.17, 15) is 18.5 Å². The monoisotopic (exact) mass is 430 g/mol. The predicted octanol–water partition coefficient (Wildman–Crippen LogP) is 3.83. The highest BCUT2D eigenvalue weighted by Gasteiger charge is 2.24. The lowest BCUT2D eigenvalue weighted by Gasteiger charge is -2.14. The topological polar surface area (TPSA) is 136 Å². The summed E-state index contributed by atoms with van der Waals surface area (Å²) >= 11 is 0. The van der Waals surface area contributed by atoms with Gasteiger partial charge in [0.05, 0.1) is 29.7 Å². The second kappa shape index (κ2) is 8.66. The lowest BCUT2D eigenvalue weighted by Crippen LogP contribution is -2.16. The van der Waals surface area contributed by atoms with Crippen LogP contribution in [0, 0.1) is 10.1 Å². The highest BCUT2D eigenvalue weighted by atomic mass is 32.2. The number of benzene rings is 2. The molecular formula is C19H18N4O6S. The van der Waals surface area contributed by atoms with E-state index in [1.54, 1.807) is 37.3 Å². The number of furan rings is 1. The Balaban J connectivity index is 2.01. The molecule has 1 aromatic heterocycles. The first-order valence-electron chi connectivity index (χ1n) is 8.60. The van der Waals surface area contributed by atoms with E-state index in [2.05, 4.69) is 15.2 Å². The van der Waals surface area contributed by atoms with Crippen LogP contribution in [-0.2, 0) is 10.0 Å². The van der Waals surface area contributed by atoms with Crippen LogP contribution in [0.4, 0.5) is 17.1 Å². The fourth-order valence-corrected chi connectivity index (χ4v) is 3.80. The van der Waals surface area contributed by atoms with Gasteiger partial charge >= 0.3 is 0 Å². The van der Waals surface area contributed by atoms with Crippen LogP contribution in [0.3, 0.4) is 0 Å². The second-order valence-corrected chi connectivity index (χ2v) is 7.68. The zero-order valence-electron chi connectivity index (χ0n) is 16.0. The maximum Gasteiger partial charge on any atom is 0.270 e. The van der Waals surface area contributed by atoms with Crippen molar-refractivity contribution in [1.82, 2.24) is 0 Å². The molecule has 0 radical (unpaired) electrons. The molecule has 0 spiro atoms. The van der Waals surface area contributed by atoms with Gasteiger partial charge in [0.15, 0.2) is 0 Å². The first-order valence-corrected chi connectivity index (χ1v) is 10.1. The van der Waals surface area contributed by atoms with Crippen molar-refractivity contribution >= 4 is 32.8 Å². The normalized spacial score (nSPS) is 11.7. The van der Waals surface area contributed by atoms with E-state index in [0.29, 0.717) is 17.2 Å². The lowest BCUT2D eigenvalue weighted by molar-refractivity contribution is -0.385. The summed E-state index contributed by atoms with van der Waals surface area (Å²) in [5.74, 6) is 0.786. The number of para-hydroxylation sites is 2. The van der Waals surface area contributed by atoms with E-state index in [1.807, 2.05) is 0 Å². The van der Waals surface area contributed by atoms with Gasteiger partial charge < -0.3 is 9.15 Å². The quantitative estimate of drug-likeness (QED) is 0.315. The maximum absolute atomic E-state index is 13.0. The van der Waals surface area contributed by atoms with E-state index in [4.69, 9.17) is 9.15 Å². The maximum atomic E-state index is 13.0. The minimum absolute atomic E-state index is 0.0499. The minimum Gasteiger partial charge on any atom is -0.495 e.